The molecule has 4 aliphatic rings. The van der Waals surface area contributed by atoms with Crippen LogP contribution in [0.5, 0.6) is 0 Å². The van der Waals surface area contributed by atoms with Crippen molar-refractivity contribution in [2.45, 2.75) is 88.4 Å². The lowest BCUT2D eigenvalue weighted by Gasteiger charge is -2.40. The highest BCUT2D eigenvalue weighted by atomic mass is 35.5. The molecule has 0 bridgehead atoms. The summed E-state index contributed by atoms with van der Waals surface area (Å²) >= 11 is 6.60. The smallest absolute Gasteiger partial charge is 0.306 e. The number of nitrogens with zero attached hydrogens (tertiary/aromatic N) is 4. The van der Waals surface area contributed by atoms with E-state index in [1.54, 1.807) is 6.20 Å². The second kappa shape index (κ2) is 15.6. The number of hydrogen-bond donors (Lipinski definition) is 2. The molecule has 2 saturated heterocycles. The van der Waals surface area contributed by atoms with Crippen molar-refractivity contribution in [2.75, 3.05) is 44.6 Å². The van der Waals surface area contributed by atoms with E-state index < -0.39 is 17.7 Å². The van der Waals surface area contributed by atoms with E-state index in [0.717, 1.165) is 43.5 Å². The number of aromatic nitrogens is 1. The van der Waals surface area contributed by atoms with Crippen molar-refractivity contribution in [3.8, 4) is 0 Å². The summed E-state index contributed by atoms with van der Waals surface area (Å²) in [7, 11) is 1.86. The lowest BCUT2D eigenvalue weighted by molar-refractivity contribution is -0.144. The van der Waals surface area contributed by atoms with Gasteiger partial charge in [-0.25, -0.2) is 4.39 Å². The molecule has 2 aromatic carbocycles. The van der Waals surface area contributed by atoms with E-state index in [0.29, 0.717) is 50.4 Å². The van der Waals surface area contributed by atoms with Gasteiger partial charge in [-0.15, -0.1) is 0 Å². The minimum Gasteiger partial charge on any atom is -0.481 e. The lowest BCUT2D eigenvalue weighted by atomic mass is 9.87. The minimum atomic E-state index is -0.746. The number of para-hydroxylation sites is 1. The zero-order chi connectivity index (χ0) is 35.6. The summed E-state index contributed by atoms with van der Waals surface area (Å²) in [5.41, 5.74) is 1.67. The first-order chi connectivity index (χ1) is 24.6. The van der Waals surface area contributed by atoms with Crippen molar-refractivity contribution in [3.63, 3.8) is 0 Å². The number of carbonyl (C=O) groups excluding carboxylic acids is 2. The number of amides is 2. The summed E-state index contributed by atoms with van der Waals surface area (Å²) in [5, 5.41) is 13.1. The topological polar surface area (TPSA) is 107 Å². The van der Waals surface area contributed by atoms with Gasteiger partial charge in [-0.2, -0.15) is 0 Å². The molecule has 0 spiro atoms. The van der Waals surface area contributed by atoms with Crippen LogP contribution < -0.4 is 5.32 Å². The Morgan fingerprint density at radius 1 is 0.961 bits per heavy atom. The van der Waals surface area contributed by atoms with E-state index in [1.165, 1.54) is 37.8 Å². The third-order valence-electron chi connectivity index (χ3n) is 11.8. The SMILES string of the molecule is Cn1cc(C(=O)Nc2cc(F)c(CC(=O)N3C[C@@H](N4CCN(C5CCCC5)CC4)C[C@H]3COC3CCC(C(=O)O)CC3)cc2Cl)c2ccccc21. The van der Waals surface area contributed by atoms with Crippen LogP contribution >= 0.6 is 11.6 Å². The van der Waals surface area contributed by atoms with Gasteiger partial charge in [-0.1, -0.05) is 42.6 Å². The van der Waals surface area contributed by atoms with Crippen molar-refractivity contribution >= 4 is 46.0 Å². The molecule has 3 heterocycles. The van der Waals surface area contributed by atoms with Crippen LogP contribution in [0.3, 0.4) is 0 Å². The van der Waals surface area contributed by atoms with E-state index in [4.69, 9.17) is 16.3 Å². The number of halogens is 2. The number of aliphatic carboxylic acids is 1. The number of nitrogens with one attached hydrogen (secondary N) is 1. The molecule has 51 heavy (non-hydrogen) atoms. The van der Waals surface area contributed by atoms with Gasteiger partial charge in [-0.3, -0.25) is 24.2 Å². The lowest BCUT2D eigenvalue weighted by Crippen LogP contribution is -2.53. The predicted molar refractivity (Wildman–Crippen MR) is 195 cm³/mol. The Balaban J connectivity index is 1.02. The molecule has 3 aromatic rings. The summed E-state index contributed by atoms with van der Waals surface area (Å²) in [6.45, 7) is 4.93. The molecule has 0 radical (unpaired) electrons. The third-order valence-corrected chi connectivity index (χ3v) is 12.1. The Bertz CT molecular complexity index is 1740. The van der Waals surface area contributed by atoms with Gasteiger partial charge in [0, 0.05) is 69.0 Å². The van der Waals surface area contributed by atoms with Crippen molar-refractivity contribution in [1.82, 2.24) is 19.3 Å². The third kappa shape index (κ3) is 7.96. The van der Waals surface area contributed by atoms with E-state index in [-0.39, 0.29) is 52.7 Å². The van der Waals surface area contributed by atoms with Crippen molar-refractivity contribution in [1.29, 1.82) is 0 Å². The van der Waals surface area contributed by atoms with Crippen LogP contribution in [-0.2, 0) is 27.8 Å². The number of hydrogen-bond acceptors (Lipinski definition) is 6. The largest absolute Gasteiger partial charge is 0.481 e. The fraction of sp³-hybridized carbons (Fsp3) is 0.564. The highest BCUT2D eigenvalue weighted by molar-refractivity contribution is 6.34. The Hall–Kier alpha value is -3.51. The molecule has 4 fully saturated rings. The fourth-order valence-electron chi connectivity index (χ4n) is 8.88. The number of carboxylic acids is 1. The molecule has 274 valence electrons. The van der Waals surface area contributed by atoms with Gasteiger partial charge >= 0.3 is 5.97 Å². The molecule has 2 aliphatic carbocycles. The molecular formula is C39H49ClFN5O5. The predicted octanol–water partition coefficient (Wildman–Crippen LogP) is 5.96. The normalized spacial score (nSPS) is 25.1. The van der Waals surface area contributed by atoms with Crippen LogP contribution in [-0.4, -0.2) is 106 Å². The van der Waals surface area contributed by atoms with Gasteiger partial charge in [0.15, 0.2) is 0 Å². The number of carboxylic acid groups (broad SMARTS) is 1. The fourth-order valence-corrected chi connectivity index (χ4v) is 9.11. The zero-order valence-corrected chi connectivity index (χ0v) is 30.1. The molecule has 7 rings (SSSR count). The molecule has 2 atom stereocenters. The van der Waals surface area contributed by atoms with Crippen LogP contribution in [0.15, 0.2) is 42.6 Å². The molecular weight excluding hydrogens is 673 g/mol. The highest BCUT2D eigenvalue weighted by Gasteiger charge is 2.40. The van der Waals surface area contributed by atoms with Crippen molar-refractivity contribution in [3.05, 3.63) is 64.6 Å². The van der Waals surface area contributed by atoms with E-state index in [1.807, 2.05) is 40.8 Å². The number of benzene rings is 2. The summed E-state index contributed by atoms with van der Waals surface area (Å²) in [6.07, 6.45) is 10.1. The number of carbonyl (C=O) groups is 3. The molecule has 2 aliphatic heterocycles. The van der Waals surface area contributed by atoms with Gasteiger partial charge in [0.05, 0.1) is 47.4 Å². The summed E-state index contributed by atoms with van der Waals surface area (Å²) in [6, 6.07) is 10.9. The summed E-state index contributed by atoms with van der Waals surface area (Å²) < 4.78 is 23.9. The molecule has 10 nitrogen and oxygen atoms in total. The zero-order valence-electron chi connectivity index (χ0n) is 29.4. The first-order valence-electron chi connectivity index (χ1n) is 18.6. The quantitative estimate of drug-likeness (QED) is 0.266. The Morgan fingerprint density at radius 3 is 2.35 bits per heavy atom. The number of piperazine rings is 1. The maximum Gasteiger partial charge on any atom is 0.306 e. The molecule has 1 aromatic heterocycles. The molecule has 2 N–H and O–H groups in total. The van der Waals surface area contributed by atoms with Gasteiger partial charge in [0.25, 0.3) is 5.91 Å². The Kier molecular flexibility index (Phi) is 11.0. The average molecular weight is 722 g/mol. The van der Waals surface area contributed by atoms with E-state index in [2.05, 4.69) is 15.1 Å². The van der Waals surface area contributed by atoms with E-state index >= 15 is 4.39 Å². The van der Waals surface area contributed by atoms with Gasteiger partial charge in [-0.05, 0) is 68.7 Å². The van der Waals surface area contributed by atoms with E-state index in [9.17, 15) is 19.5 Å². The minimum absolute atomic E-state index is 0.0283. The Labute approximate surface area is 303 Å². The van der Waals surface area contributed by atoms with Gasteiger partial charge in [0.2, 0.25) is 5.91 Å². The number of anilines is 1. The van der Waals surface area contributed by atoms with Crippen LogP contribution in [0.2, 0.25) is 5.02 Å². The maximum absolute atomic E-state index is 15.6. The van der Waals surface area contributed by atoms with Gasteiger partial charge in [0.1, 0.15) is 5.82 Å². The van der Waals surface area contributed by atoms with Gasteiger partial charge < -0.3 is 24.6 Å². The maximum atomic E-state index is 15.6. The second-order valence-corrected chi connectivity index (χ2v) is 15.4. The van der Waals surface area contributed by atoms with Crippen LogP contribution in [0.4, 0.5) is 10.1 Å². The number of likely N-dealkylation sites (tertiary alicyclic amines) is 1. The molecule has 0 unspecified atom stereocenters. The van der Waals surface area contributed by atoms with Crippen LogP contribution in [0, 0.1) is 11.7 Å². The Morgan fingerprint density at radius 2 is 1.65 bits per heavy atom. The monoisotopic (exact) mass is 721 g/mol. The average Bonchev–Trinajstić information content (AvgIpc) is 3.90. The van der Waals surface area contributed by atoms with Crippen LogP contribution in [0.1, 0.15) is 73.7 Å². The molecule has 2 saturated carbocycles. The molecule has 2 amide bonds. The molecule has 12 heteroatoms. The van der Waals surface area contributed by atoms with Crippen molar-refractivity contribution < 1.29 is 28.6 Å². The summed E-state index contributed by atoms with van der Waals surface area (Å²) in [4.78, 5) is 45.7. The number of ether oxygens (including phenoxy) is 1. The standard InChI is InChI=1S/C39H49ClFN5O5/c1-43-23-32(31-8-4-5-9-36(31)43)38(48)42-35-21-34(41)26(18-33(35)40)19-37(47)46-22-28(45-16-14-44(15-17-45)27-6-2-3-7-27)20-29(46)24-51-30-12-10-25(11-13-30)39(49)50/h4-5,8-9,18,21,23,25,27-30H,2-3,6-7,10-17,19-20,22,24H2,1H3,(H,42,48)(H,49,50)/t25?,28-,29-,30?/m0/s1. The summed E-state index contributed by atoms with van der Waals surface area (Å²) in [5.74, 6) is -2.26. The first-order valence-corrected chi connectivity index (χ1v) is 19.0. The highest BCUT2D eigenvalue weighted by Crippen LogP contribution is 2.32. The number of aryl methyl sites for hydroxylation is 1. The number of rotatable bonds is 10. The van der Waals surface area contributed by atoms with Crippen molar-refractivity contribution in [2.24, 2.45) is 13.0 Å². The first kappa shape index (κ1) is 35.9. The second-order valence-electron chi connectivity index (χ2n) is 15.0. The number of fused-ring (bicyclic) bond motifs is 1. The van der Waals surface area contributed by atoms with Crippen LogP contribution in [0.25, 0.3) is 10.9 Å².